The van der Waals surface area contributed by atoms with Gasteiger partial charge < -0.3 is 5.32 Å². The van der Waals surface area contributed by atoms with Crippen molar-refractivity contribution in [3.63, 3.8) is 0 Å². The summed E-state index contributed by atoms with van der Waals surface area (Å²) in [6.45, 7) is 0. The van der Waals surface area contributed by atoms with Crippen LogP contribution in [0.5, 0.6) is 0 Å². The van der Waals surface area contributed by atoms with Crippen LogP contribution in [0.25, 0.3) is 0 Å². The van der Waals surface area contributed by atoms with Crippen LogP contribution in [0, 0.1) is 0 Å². The Balaban J connectivity index is 1.71. The Labute approximate surface area is 127 Å². The number of aryl methyl sites for hydroxylation is 4. The van der Waals surface area contributed by atoms with Crippen molar-refractivity contribution in [3.05, 3.63) is 69.8 Å². The lowest BCUT2D eigenvalue weighted by Crippen LogP contribution is -2.18. The predicted molar refractivity (Wildman–Crippen MR) is 87.8 cm³/mol. The zero-order valence-electron chi connectivity index (χ0n) is 12.8. The van der Waals surface area contributed by atoms with Crippen LogP contribution in [0.2, 0.25) is 0 Å². The van der Waals surface area contributed by atoms with Crippen LogP contribution in [0.4, 0.5) is 0 Å². The highest BCUT2D eigenvalue weighted by atomic mass is 14.9. The van der Waals surface area contributed by atoms with E-state index in [1.54, 1.807) is 22.3 Å². The van der Waals surface area contributed by atoms with Crippen LogP contribution >= 0.6 is 0 Å². The molecule has 0 bridgehead atoms. The topological polar surface area (TPSA) is 12.0 Å². The number of rotatable bonds is 3. The Morgan fingerprint density at radius 1 is 0.714 bits per heavy atom. The van der Waals surface area contributed by atoms with Crippen LogP contribution in [0.3, 0.4) is 0 Å². The number of hydrogen-bond donors (Lipinski definition) is 1. The summed E-state index contributed by atoms with van der Waals surface area (Å²) in [6.07, 6.45) is 7.68. The summed E-state index contributed by atoms with van der Waals surface area (Å²) in [5, 5.41) is 3.52. The van der Waals surface area contributed by atoms with Crippen molar-refractivity contribution in [3.8, 4) is 0 Å². The van der Waals surface area contributed by atoms with Crippen LogP contribution in [0.1, 0.15) is 52.3 Å². The normalized spacial score (nSPS) is 16.3. The standard InChI is InChI=1S/C20H23N/c1-21-20(18-10-8-14-4-2-6-16(14)12-18)19-11-9-15-5-3-7-17(15)13-19/h8-13,20-21H,2-7H2,1H3. The van der Waals surface area contributed by atoms with Gasteiger partial charge in [0.15, 0.2) is 0 Å². The largest absolute Gasteiger partial charge is 0.309 e. The molecule has 0 aromatic heterocycles. The lowest BCUT2D eigenvalue weighted by molar-refractivity contribution is 0.690. The molecular formula is C20H23N. The maximum atomic E-state index is 3.52. The summed E-state index contributed by atoms with van der Waals surface area (Å²) in [6, 6.07) is 14.5. The molecule has 0 atom stereocenters. The zero-order chi connectivity index (χ0) is 14.2. The van der Waals surface area contributed by atoms with Crippen molar-refractivity contribution in [1.82, 2.24) is 5.32 Å². The van der Waals surface area contributed by atoms with Gasteiger partial charge in [0.05, 0.1) is 6.04 Å². The minimum absolute atomic E-state index is 0.321. The Kier molecular flexibility index (Phi) is 3.31. The number of nitrogens with one attached hydrogen (secondary N) is 1. The molecule has 0 unspecified atom stereocenters. The van der Waals surface area contributed by atoms with Gasteiger partial charge in [0.2, 0.25) is 0 Å². The van der Waals surface area contributed by atoms with E-state index in [0.29, 0.717) is 6.04 Å². The van der Waals surface area contributed by atoms with Gasteiger partial charge in [0.25, 0.3) is 0 Å². The molecular weight excluding hydrogens is 254 g/mol. The molecule has 4 rings (SSSR count). The third kappa shape index (κ3) is 2.30. The summed E-state index contributed by atoms with van der Waals surface area (Å²) >= 11 is 0. The Morgan fingerprint density at radius 3 is 1.67 bits per heavy atom. The Hall–Kier alpha value is -1.60. The van der Waals surface area contributed by atoms with Crippen LogP contribution < -0.4 is 5.32 Å². The number of fused-ring (bicyclic) bond motifs is 2. The molecule has 108 valence electrons. The van der Waals surface area contributed by atoms with Gasteiger partial charge in [0.1, 0.15) is 0 Å². The highest BCUT2D eigenvalue weighted by Gasteiger charge is 2.18. The van der Waals surface area contributed by atoms with E-state index in [9.17, 15) is 0 Å². The number of benzene rings is 2. The van der Waals surface area contributed by atoms with Gasteiger partial charge in [0, 0.05) is 0 Å². The van der Waals surface area contributed by atoms with Gasteiger partial charge >= 0.3 is 0 Å². The van der Waals surface area contributed by atoms with Gasteiger partial charge in [-0.1, -0.05) is 36.4 Å². The summed E-state index contributed by atoms with van der Waals surface area (Å²) in [5.41, 5.74) is 9.07. The second-order valence-corrected chi connectivity index (χ2v) is 6.49. The quantitative estimate of drug-likeness (QED) is 0.895. The first-order valence-electron chi connectivity index (χ1n) is 8.26. The molecule has 0 heterocycles. The smallest absolute Gasteiger partial charge is 0.0574 e. The molecule has 0 fully saturated rings. The second-order valence-electron chi connectivity index (χ2n) is 6.49. The van der Waals surface area contributed by atoms with Crippen LogP contribution in [0.15, 0.2) is 36.4 Å². The molecule has 1 heteroatoms. The highest BCUT2D eigenvalue weighted by Crippen LogP contribution is 2.31. The van der Waals surface area contributed by atoms with Crippen molar-refractivity contribution in [2.75, 3.05) is 7.05 Å². The van der Waals surface area contributed by atoms with Gasteiger partial charge in [-0.05, 0) is 79.0 Å². The summed E-state index contributed by atoms with van der Waals surface area (Å²) in [5.74, 6) is 0. The van der Waals surface area contributed by atoms with Gasteiger partial charge in [-0.15, -0.1) is 0 Å². The zero-order valence-corrected chi connectivity index (χ0v) is 12.8. The summed E-state index contributed by atoms with van der Waals surface area (Å²) < 4.78 is 0. The van der Waals surface area contributed by atoms with E-state index >= 15 is 0 Å². The SMILES string of the molecule is CNC(c1ccc2c(c1)CCC2)c1ccc2c(c1)CCC2. The lowest BCUT2D eigenvalue weighted by Gasteiger charge is -2.19. The first-order chi connectivity index (χ1) is 10.3. The van der Waals surface area contributed by atoms with Crippen LogP contribution in [-0.4, -0.2) is 7.05 Å². The van der Waals surface area contributed by atoms with E-state index in [1.165, 1.54) is 49.7 Å². The molecule has 0 aliphatic heterocycles. The molecule has 1 nitrogen and oxygen atoms in total. The minimum Gasteiger partial charge on any atom is -0.309 e. The highest BCUT2D eigenvalue weighted by molar-refractivity contribution is 5.43. The molecule has 21 heavy (non-hydrogen) atoms. The van der Waals surface area contributed by atoms with E-state index in [-0.39, 0.29) is 0 Å². The van der Waals surface area contributed by atoms with E-state index in [0.717, 1.165) is 0 Å². The molecule has 0 spiro atoms. The molecule has 1 N–H and O–H groups in total. The summed E-state index contributed by atoms with van der Waals surface area (Å²) in [4.78, 5) is 0. The van der Waals surface area contributed by atoms with Crippen molar-refractivity contribution in [2.24, 2.45) is 0 Å². The fourth-order valence-corrected chi connectivity index (χ4v) is 4.07. The van der Waals surface area contributed by atoms with Crippen LogP contribution in [-0.2, 0) is 25.7 Å². The van der Waals surface area contributed by atoms with Crippen molar-refractivity contribution >= 4 is 0 Å². The predicted octanol–water partition coefficient (Wildman–Crippen LogP) is 3.97. The van der Waals surface area contributed by atoms with E-state index in [2.05, 4.69) is 48.8 Å². The minimum atomic E-state index is 0.321. The molecule has 2 aromatic carbocycles. The fourth-order valence-electron chi connectivity index (χ4n) is 4.07. The number of hydrogen-bond acceptors (Lipinski definition) is 1. The first-order valence-corrected chi connectivity index (χ1v) is 8.26. The van der Waals surface area contributed by atoms with E-state index in [4.69, 9.17) is 0 Å². The fraction of sp³-hybridized carbons (Fsp3) is 0.400. The molecule has 0 radical (unpaired) electrons. The molecule has 0 saturated carbocycles. The molecule has 2 aromatic rings. The van der Waals surface area contributed by atoms with Crippen molar-refractivity contribution in [1.29, 1.82) is 0 Å². The lowest BCUT2D eigenvalue weighted by atomic mass is 9.94. The molecule has 0 saturated heterocycles. The van der Waals surface area contributed by atoms with Gasteiger partial charge in [-0.25, -0.2) is 0 Å². The first kappa shape index (κ1) is 13.1. The Morgan fingerprint density at radius 2 is 1.19 bits per heavy atom. The maximum Gasteiger partial charge on any atom is 0.0574 e. The van der Waals surface area contributed by atoms with Gasteiger partial charge in [-0.2, -0.15) is 0 Å². The maximum absolute atomic E-state index is 3.52. The van der Waals surface area contributed by atoms with E-state index < -0.39 is 0 Å². The Bertz CT molecular complexity index is 614. The van der Waals surface area contributed by atoms with Gasteiger partial charge in [-0.3, -0.25) is 0 Å². The average molecular weight is 277 g/mol. The third-order valence-electron chi connectivity index (χ3n) is 5.20. The monoisotopic (exact) mass is 277 g/mol. The van der Waals surface area contributed by atoms with Crippen molar-refractivity contribution < 1.29 is 0 Å². The molecule has 2 aliphatic rings. The average Bonchev–Trinajstić information content (AvgIpc) is 3.15. The second kappa shape index (κ2) is 5.31. The van der Waals surface area contributed by atoms with E-state index in [1.807, 2.05) is 0 Å². The van der Waals surface area contributed by atoms with Crippen molar-refractivity contribution in [2.45, 2.75) is 44.6 Å². The third-order valence-corrected chi connectivity index (χ3v) is 5.20. The molecule has 0 amide bonds. The summed E-state index contributed by atoms with van der Waals surface area (Å²) in [7, 11) is 2.07. The molecule has 2 aliphatic carbocycles.